The number of fused-ring (bicyclic) bond motifs is 1. The van der Waals surface area contributed by atoms with Crippen LogP contribution < -0.4 is 5.73 Å². The van der Waals surface area contributed by atoms with Crippen molar-refractivity contribution < 1.29 is 0 Å². The van der Waals surface area contributed by atoms with Crippen LogP contribution in [0.2, 0.25) is 0 Å². The Labute approximate surface area is 116 Å². The second-order valence-corrected chi connectivity index (χ2v) is 5.58. The Morgan fingerprint density at radius 2 is 2.16 bits per heavy atom. The van der Waals surface area contributed by atoms with E-state index in [1.54, 1.807) is 11.3 Å². The molecule has 0 amide bonds. The molecular weight excluding hydrogens is 254 g/mol. The first-order chi connectivity index (χ1) is 9.25. The van der Waals surface area contributed by atoms with Gasteiger partial charge in [0.25, 0.3) is 0 Å². The molecule has 0 saturated carbocycles. The van der Waals surface area contributed by atoms with Crippen LogP contribution in [0.5, 0.6) is 0 Å². The van der Waals surface area contributed by atoms with Gasteiger partial charge in [-0.05, 0) is 41.3 Å². The molecule has 1 atom stereocenters. The fraction of sp³-hybridized carbons (Fsp3) is 0.267. The van der Waals surface area contributed by atoms with Crippen molar-refractivity contribution in [2.24, 2.45) is 12.8 Å². The summed E-state index contributed by atoms with van der Waals surface area (Å²) in [5, 5.41) is 10.0. The van der Waals surface area contributed by atoms with Gasteiger partial charge in [0, 0.05) is 18.5 Å². The molecule has 3 nitrogen and oxygen atoms in total. The SMILES string of the molecule is Cn1nc(C(N)CCc2ccsc2)c2ccccc21. The van der Waals surface area contributed by atoms with Crippen LogP contribution in [0.3, 0.4) is 0 Å². The molecule has 98 valence electrons. The largest absolute Gasteiger partial charge is 0.323 e. The lowest BCUT2D eigenvalue weighted by Gasteiger charge is -2.08. The zero-order valence-corrected chi connectivity index (χ0v) is 11.7. The summed E-state index contributed by atoms with van der Waals surface area (Å²) in [6.07, 6.45) is 1.94. The van der Waals surface area contributed by atoms with Gasteiger partial charge in [0.2, 0.25) is 0 Å². The second kappa shape index (κ2) is 5.15. The number of rotatable bonds is 4. The fourth-order valence-corrected chi connectivity index (χ4v) is 3.11. The third kappa shape index (κ3) is 2.41. The van der Waals surface area contributed by atoms with E-state index >= 15 is 0 Å². The van der Waals surface area contributed by atoms with Crippen LogP contribution in [0.1, 0.15) is 23.7 Å². The minimum Gasteiger partial charge on any atom is -0.323 e. The van der Waals surface area contributed by atoms with Crippen LogP contribution in [-0.4, -0.2) is 9.78 Å². The van der Waals surface area contributed by atoms with Gasteiger partial charge in [-0.1, -0.05) is 18.2 Å². The van der Waals surface area contributed by atoms with E-state index in [9.17, 15) is 0 Å². The molecule has 1 aromatic carbocycles. The number of para-hydroxylation sites is 1. The third-order valence-electron chi connectivity index (χ3n) is 3.46. The number of aromatic nitrogens is 2. The van der Waals surface area contributed by atoms with Crippen molar-refractivity contribution >= 4 is 22.2 Å². The van der Waals surface area contributed by atoms with E-state index in [1.807, 2.05) is 23.9 Å². The van der Waals surface area contributed by atoms with Crippen LogP contribution in [0, 0.1) is 0 Å². The summed E-state index contributed by atoms with van der Waals surface area (Å²) in [5.41, 5.74) is 9.83. The smallest absolute Gasteiger partial charge is 0.0870 e. The predicted molar refractivity (Wildman–Crippen MR) is 80.3 cm³/mol. The van der Waals surface area contributed by atoms with Crippen LogP contribution in [0.4, 0.5) is 0 Å². The predicted octanol–water partition coefficient (Wildman–Crippen LogP) is 3.27. The maximum Gasteiger partial charge on any atom is 0.0870 e. The van der Waals surface area contributed by atoms with Crippen LogP contribution in [0.25, 0.3) is 10.9 Å². The first-order valence-corrected chi connectivity index (χ1v) is 7.38. The highest BCUT2D eigenvalue weighted by Crippen LogP contribution is 2.24. The van der Waals surface area contributed by atoms with Gasteiger partial charge in [0.05, 0.1) is 11.2 Å². The van der Waals surface area contributed by atoms with Crippen molar-refractivity contribution in [3.63, 3.8) is 0 Å². The van der Waals surface area contributed by atoms with Crippen molar-refractivity contribution in [3.8, 4) is 0 Å². The Morgan fingerprint density at radius 3 is 2.95 bits per heavy atom. The van der Waals surface area contributed by atoms with E-state index in [4.69, 9.17) is 5.73 Å². The van der Waals surface area contributed by atoms with E-state index in [0.29, 0.717) is 0 Å². The summed E-state index contributed by atoms with van der Waals surface area (Å²) >= 11 is 1.73. The lowest BCUT2D eigenvalue weighted by atomic mass is 10.0. The highest BCUT2D eigenvalue weighted by Gasteiger charge is 2.15. The number of nitrogens with two attached hydrogens (primary N) is 1. The van der Waals surface area contributed by atoms with Crippen molar-refractivity contribution in [2.45, 2.75) is 18.9 Å². The molecule has 0 bridgehead atoms. The number of hydrogen-bond acceptors (Lipinski definition) is 3. The Hall–Kier alpha value is -1.65. The molecule has 0 aliphatic carbocycles. The fourth-order valence-electron chi connectivity index (χ4n) is 2.41. The van der Waals surface area contributed by atoms with Gasteiger partial charge in [0.1, 0.15) is 0 Å². The molecule has 0 radical (unpaired) electrons. The quantitative estimate of drug-likeness (QED) is 0.791. The van der Waals surface area contributed by atoms with E-state index in [0.717, 1.165) is 24.1 Å². The molecule has 0 spiro atoms. The summed E-state index contributed by atoms with van der Waals surface area (Å²) in [4.78, 5) is 0. The summed E-state index contributed by atoms with van der Waals surface area (Å²) in [6.45, 7) is 0. The highest BCUT2D eigenvalue weighted by molar-refractivity contribution is 7.07. The van der Waals surface area contributed by atoms with E-state index < -0.39 is 0 Å². The molecule has 0 aliphatic rings. The van der Waals surface area contributed by atoms with Gasteiger partial charge >= 0.3 is 0 Å². The molecule has 3 rings (SSSR count). The maximum absolute atomic E-state index is 6.32. The Kier molecular flexibility index (Phi) is 3.36. The Bertz CT molecular complexity index is 670. The van der Waals surface area contributed by atoms with Crippen LogP contribution >= 0.6 is 11.3 Å². The Balaban J connectivity index is 1.83. The standard InChI is InChI=1S/C15H17N3S/c1-18-14-5-3-2-4-12(14)15(17-18)13(16)7-6-11-8-9-19-10-11/h2-5,8-10,13H,6-7,16H2,1H3. The van der Waals surface area contributed by atoms with Crippen LogP contribution in [-0.2, 0) is 13.5 Å². The zero-order chi connectivity index (χ0) is 13.2. The summed E-state index contributed by atoms with van der Waals surface area (Å²) < 4.78 is 1.91. The number of nitrogens with zero attached hydrogens (tertiary/aromatic N) is 2. The molecule has 4 heteroatoms. The van der Waals surface area contributed by atoms with Crippen molar-refractivity contribution in [3.05, 3.63) is 52.3 Å². The summed E-state index contributed by atoms with van der Waals surface area (Å²) in [6, 6.07) is 10.4. The number of thiophene rings is 1. The number of aryl methyl sites for hydroxylation is 2. The minimum atomic E-state index is -0.00833. The molecule has 2 N–H and O–H groups in total. The highest BCUT2D eigenvalue weighted by atomic mass is 32.1. The average Bonchev–Trinajstić information content (AvgIpc) is 3.05. The lowest BCUT2D eigenvalue weighted by Crippen LogP contribution is -2.12. The molecule has 0 aliphatic heterocycles. The molecule has 3 aromatic rings. The van der Waals surface area contributed by atoms with Crippen molar-refractivity contribution in [2.75, 3.05) is 0 Å². The lowest BCUT2D eigenvalue weighted by molar-refractivity contribution is 0.618. The second-order valence-electron chi connectivity index (χ2n) is 4.80. The topological polar surface area (TPSA) is 43.8 Å². The van der Waals surface area contributed by atoms with Crippen LogP contribution in [0.15, 0.2) is 41.1 Å². The van der Waals surface area contributed by atoms with Gasteiger partial charge in [-0.3, -0.25) is 4.68 Å². The van der Waals surface area contributed by atoms with Gasteiger partial charge in [-0.15, -0.1) is 0 Å². The minimum absolute atomic E-state index is 0.00833. The average molecular weight is 271 g/mol. The Morgan fingerprint density at radius 1 is 1.32 bits per heavy atom. The van der Waals surface area contributed by atoms with Gasteiger partial charge in [-0.25, -0.2) is 0 Å². The molecule has 1 unspecified atom stereocenters. The summed E-state index contributed by atoms with van der Waals surface area (Å²) in [5.74, 6) is 0. The zero-order valence-electron chi connectivity index (χ0n) is 10.9. The molecular formula is C15H17N3S. The molecule has 0 saturated heterocycles. The molecule has 19 heavy (non-hydrogen) atoms. The van der Waals surface area contributed by atoms with E-state index in [-0.39, 0.29) is 6.04 Å². The first-order valence-electron chi connectivity index (χ1n) is 6.44. The van der Waals surface area contributed by atoms with E-state index in [2.05, 4.69) is 34.1 Å². The molecule has 2 aromatic heterocycles. The maximum atomic E-state index is 6.32. The number of hydrogen-bond donors (Lipinski definition) is 1. The van der Waals surface area contributed by atoms with Gasteiger partial charge in [0.15, 0.2) is 0 Å². The monoisotopic (exact) mass is 271 g/mol. The van der Waals surface area contributed by atoms with Crippen molar-refractivity contribution in [1.29, 1.82) is 0 Å². The third-order valence-corrected chi connectivity index (χ3v) is 4.19. The van der Waals surface area contributed by atoms with Crippen molar-refractivity contribution in [1.82, 2.24) is 9.78 Å². The first kappa shape index (κ1) is 12.4. The normalized spacial score (nSPS) is 12.9. The summed E-state index contributed by atoms with van der Waals surface area (Å²) in [7, 11) is 1.97. The van der Waals surface area contributed by atoms with E-state index in [1.165, 1.54) is 10.9 Å². The molecule has 2 heterocycles. The van der Waals surface area contributed by atoms with Gasteiger partial charge in [-0.2, -0.15) is 16.4 Å². The van der Waals surface area contributed by atoms with Gasteiger partial charge < -0.3 is 5.73 Å². The molecule has 0 fully saturated rings. The number of benzene rings is 1.